The molecule has 0 aromatic heterocycles. The Labute approximate surface area is 114 Å². The lowest BCUT2D eigenvalue weighted by Crippen LogP contribution is -2.30. The van der Waals surface area contributed by atoms with E-state index < -0.39 is 0 Å². The average Bonchev–Trinajstić information content (AvgIpc) is 2.30. The summed E-state index contributed by atoms with van der Waals surface area (Å²) in [6, 6.07) is 5.15. The minimum atomic E-state index is 0.297. The number of rotatable bonds is 7. The van der Waals surface area contributed by atoms with Crippen LogP contribution in [0.3, 0.4) is 0 Å². The molecule has 0 spiro atoms. The number of hydrogen-bond donors (Lipinski definition) is 1. The van der Waals surface area contributed by atoms with Crippen LogP contribution in [0.25, 0.3) is 0 Å². The van der Waals surface area contributed by atoms with Crippen LogP contribution in [-0.4, -0.2) is 36.8 Å². The van der Waals surface area contributed by atoms with Gasteiger partial charge in [-0.2, -0.15) is 0 Å². The first-order valence-electron chi connectivity index (χ1n) is 6.21. The maximum atomic E-state index is 9.83. The molecule has 18 heavy (non-hydrogen) atoms. The molecular weight excluding hydrogens is 250 g/mol. The lowest BCUT2D eigenvalue weighted by atomic mass is 10.1. The summed E-state index contributed by atoms with van der Waals surface area (Å²) in [6.07, 6.45) is 0. The number of phenolic OH excluding ortho intramolecular Hbond substituents is 1. The third-order valence-corrected chi connectivity index (χ3v) is 2.91. The standard InChI is InChI=1S/C14H22ClNO2/c1-11(2)9-16(6-7-18-3)10-12-8-13(15)4-5-14(12)17/h4-5,8,11,17H,6-7,9-10H2,1-3H3. The topological polar surface area (TPSA) is 32.7 Å². The van der Waals surface area contributed by atoms with Crippen LogP contribution in [0.4, 0.5) is 0 Å². The number of ether oxygens (including phenoxy) is 1. The zero-order chi connectivity index (χ0) is 13.5. The van der Waals surface area contributed by atoms with Gasteiger partial charge in [0.25, 0.3) is 0 Å². The Balaban J connectivity index is 2.71. The largest absolute Gasteiger partial charge is 0.508 e. The first-order valence-corrected chi connectivity index (χ1v) is 6.59. The van der Waals surface area contributed by atoms with E-state index in [4.69, 9.17) is 16.3 Å². The third kappa shape index (κ3) is 5.25. The SMILES string of the molecule is COCCN(Cc1cc(Cl)ccc1O)CC(C)C. The molecule has 0 atom stereocenters. The van der Waals surface area contributed by atoms with E-state index in [2.05, 4.69) is 18.7 Å². The Morgan fingerprint density at radius 3 is 2.72 bits per heavy atom. The van der Waals surface area contributed by atoms with Gasteiger partial charge in [0.2, 0.25) is 0 Å². The number of phenols is 1. The van der Waals surface area contributed by atoms with E-state index in [1.165, 1.54) is 0 Å². The maximum Gasteiger partial charge on any atom is 0.120 e. The van der Waals surface area contributed by atoms with Crippen LogP contribution < -0.4 is 0 Å². The van der Waals surface area contributed by atoms with Gasteiger partial charge in [-0.1, -0.05) is 25.4 Å². The van der Waals surface area contributed by atoms with Gasteiger partial charge >= 0.3 is 0 Å². The van der Waals surface area contributed by atoms with E-state index in [9.17, 15) is 5.11 Å². The van der Waals surface area contributed by atoms with Gasteiger partial charge in [0.1, 0.15) is 5.75 Å². The number of hydrogen-bond acceptors (Lipinski definition) is 3. The molecule has 0 heterocycles. The van der Waals surface area contributed by atoms with Gasteiger partial charge < -0.3 is 9.84 Å². The predicted molar refractivity (Wildman–Crippen MR) is 75.1 cm³/mol. The number of methoxy groups -OCH3 is 1. The normalized spacial score (nSPS) is 11.4. The molecule has 0 unspecified atom stereocenters. The lowest BCUT2D eigenvalue weighted by Gasteiger charge is -2.24. The van der Waals surface area contributed by atoms with Crippen molar-refractivity contribution < 1.29 is 9.84 Å². The second kappa shape index (κ2) is 7.62. The van der Waals surface area contributed by atoms with Crippen LogP contribution in [0.15, 0.2) is 18.2 Å². The summed E-state index contributed by atoms with van der Waals surface area (Å²) in [5.41, 5.74) is 0.860. The molecule has 0 radical (unpaired) electrons. The summed E-state index contributed by atoms with van der Waals surface area (Å²) >= 11 is 5.96. The van der Waals surface area contributed by atoms with Crippen molar-refractivity contribution >= 4 is 11.6 Å². The fraction of sp³-hybridized carbons (Fsp3) is 0.571. The molecule has 4 heteroatoms. The minimum Gasteiger partial charge on any atom is -0.508 e. The molecule has 0 aliphatic heterocycles. The Morgan fingerprint density at radius 1 is 1.39 bits per heavy atom. The van der Waals surface area contributed by atoms with E-state index in [-0.39, 0.29) is 0 Å². The molecular formula is C14H22ClNO2. The highest BCUT2D eigenvalue weighted by Crippen LogP contribution is 2.23. The average molecular weight is 272 g/mol. The van der Waals surface area contributed by atoms with Crippen LogP contribution in [0, 0.1) is 5.92 Å². The summed E-state index contributed by atoms with van der Waals surface area (Å²) in [5.74, 6) is 0.869. The maximum absolute atomic E-state index is 9.83. The highest BCUT2D eigenvalue weighted by atomic mass is 35.5. The van der Waals surface area contributed by atoms with E-state index in [1.807, 2.05) is 6.07 Å². The zero-order valence-electron chi connectivity index (χ0n) is 11.3. The van der Waals surface area contributed by atoms with Gasteiger partial charge in [-0.05, 0) is 24.1 Å². The van der Waals surface area contributed by atoms with Crippen molar-refractivity contribution in [1.82, 2.24) is 4.90 Å². The van der Waals surface area contributed by atoms with Gasteiger partial charge in [0, 0.05) is 37.3 Å². The molecule has 0 aliphatic carbocycles. The number of aromatic hydroxyl groups is 1. The van der Waals surface area contributed by atoms with Crippen molar-refractivity contribution in [3.8, 4) is 5.75 Å². The Morgan fingerprint density at radius 2 is 2.11 bits per heavy atom. The predicted octanol–water partition coefficient (Wildman–Crippen LogP) is 3.15. The highest BCUT2D eigenvalue weighted by molar-refractivity contribution is 6.30. The Bertz CT molecular complexity index is 369. The molecule has 1 rings (SSSR count). The van der Waals surface area contributed by atoms with Gasteiger partial charge in [-0.3, -0.25) is 4.90 Å². The molecule has 0 saturated heterocycles. The fourth-order valence-electron chi connectivity index (χ4n) is 1.89. The summed E-state index contributed by atoms with van der Waals surface area (Å²) in [7, 11) is 1.70. The summed E-state index contributed by atoms with van der Waals surface area (Å²) in [6.45, 7) is 7.55. The molecule has 102 valence electrons. The second-order valence-corrected chi connectivity index (χ2v) is 5.33. The number of halogens is 1. The quantitative estimate of drug-likeness (QED) is 0.827. The lowest BCUT2D eigenvalue weighted by molar-refractivity contribution is 0.135. The zero-order valence-corrected chi connectivity index (χ0v) is 12.1. The monoisotopic (exact) mass is 271 g/mol. The minimum absolute atomic E-state index is 0.297. The van der Waals surface area contributed by atoms with Crippen molar-refractivity contribution in [3.05, 3.63) is 28.8 Å². The third-order valence-electron chi connectivity index (χ3n) is 2.67. The summed E-state index contributed by atoms with van der Waals surface area (Å²) in [5, 5.41) is 10.5. The Hall–Kier alpha value is -0.770. The Kier molecular flexibility index (Phi) is 6.47. The van der Waals surface area contributed by atoms with E-state index >= 15 is 0 Å². The first-order chi connectivity index (χ1) is 8.52. The molecule has 0 bridgehead atoms. The molecule has 0 saturated carbocycles. The number of nitrogens with zero attached hydrogens (tertiary/aromatic N) is 1. The molecule has 1 aromatic rings. The first kappa shape index (κ1) is 15.3. The molecule has 1 N–H and O–H groups in total. The van der Waals surface area contributed by atoms with Crippen molar-refractivity contribution in [3.63, 3.8) is 0 Å². The number of benzene rings is 1. The fourth-order valence-corrected chi connectivity index (χ4v) is 2.09. The van der Waals surface area contributed by atoms with Gasteiger partial charge in [-0.15, -0.1) is 0 Å². The highest BCUT2D eigenvalue weighted by Gasteiger charge is 2.11. The molecule has 0 aliphatic rings. The second-order valence-electron chi connectivity index (χ2n) is 4.89. The van der Waals surface area contributed by atoms with Gasteiger partial charge in [-0.25, -0.2) is 0 Å². The van der Waals surface area contributed by atoms with Gasteiger partial charge in [0.05, 0.1) is 6.61 Å². The van der Waals surface area contributed by atoms with Crippen LogP contribution in [-0.2, 0) is 11.3 Å². The van der Waals surface area contributed by atoms with Crippen LogP contribution in [0.2, 0.25) is 5.02 Å². The molecule has 1 aromatic carbocycles. The van der Waals surface area contributed by atoms with Crippen molar-refractivity contribution in [2.45, 2.75) is 20.4 Å². The summed E-state index contributed by atoms with van der Waals surface area (Å²) < 4.78 is 5.12. The van der Waals surface area contributed by atoms with E-state index in [0.717, 1.165) is 18.7 Å². The van der Waals surface area contributed by atoms with Crippen molar-refractivity contribution in [2.75, 3.05) is 26.8 Å². The smallest absolute Gasteiger partial charge is 0.120 e. The van der Waals surface area contributed by atoms with Crippen molar-refractivity contribution in [2.24, 2.45) is 5.92 Å². The molecule has 0 amide bonds. The molecule has 0 fully saturated rings. The van der Waals surface area contributed by atoms with Gasteiger partial charge in [0.15, 0.2) is 0 Å². The van der Waals surface area contributed by atoms with E-state index in [0.29, 0.717) is 29.8 Å². The van der Waals surface area contributed by atoms with Crippen molar-refractivity contribution in [1.29, 1.82) is 0 Å². The van der Waals surface area contributed by atoms with E-state index in [1.54, 1.807) is 19.2 Å². The summed E-state index contributed by atoms with van der Waals surface area (Å²) in [4.78, 5) is 2.26. The molecule has 3 nitrogen and oxygen atoms in total. The van der Waals surface area contributed by atoms with Crippen LogP contribution >= 0.6 is 11.6 Å². The van der Waals surface area contributed by atoms with Crippen LogP contribution in [0.5, 0.6) is 5.75 Å². The van der Waals surface area contributed by atoms with Crippen LogP contribution in [0.1, 0.15) is 19.4 Å².